The van der Waals surface area contributed by atoms with E-state index in [0.29, 0.717) is 29.2 Å². The van der Waals surface area contributed by atoms with Crippen molar-refractivity contribution in [1.29, 1.82) is 0 Å². The number of hydrogen-bond donors (Lipinski definition) is 0. The molecule has 0 aliphatic carbocycles. The Morgan fingerprint density at radius 3 is 2.71 bits per heavy atom. The number of nitro groups is 1. The maximum Gasteiger partial charge on any atom is 0.293 e. The number of nitrogens with zero attached hydrogens (tertiary/aromatic N) is 2. The molecule has 3 rings (SSSR count). The molecular weight excluding hydrogens is 292 g/mol. The first-order valence-corrected chi connectivity index (χ1v) is 6.79. The SMILES string of the molecule is O=C(c1cccc(Cl)c1)N1CCc2cccc([N+](=O)[O-])c21. The van der Waals surface area contributed by atoms with Crippen LogP contribution in [0, 0.1) is 10.1 Å². The number of hydrogen-bond acceptors (Lipinski definition) is 3. The third kappa shape index (κ3) is 2.36. The molecule has 0 N–H and O–H groups in total. The van der Waals surface area contributed by atoms with E-state index in [4.69, 9.17) is 11.6 Å². The molecule has 6 heteroatoms. The summed E-state index contributed by atoms with van der Waals surface area (Å²) in [5, 5.41) is 11.6. The van der Waals surface area contributed by atoms with E-state index in [1.165, 1.54) is 11.0 Å². The van der Waals surface area contributed by atoms with Crippen LogP contribution in [0.15, 0.2) is 42.5 Å². The Morgan fingerprint density at radius 1 is 1.24 bits per heavy atom. The number of amides is 1. The molecule has 5 nitrogen and oxygen atoms in total. The van der Waals surface area contributed by atoms with Crippen LogP contribution in [0.3, 0.4) is 0 Å². The third-order valence-corrected chi connectivity index (χ3v) is 3.72. The number of fused-ring (bicyclic) bond motifs is 1. The molecule has 0 radical (unpaired) electrons. The molecule has 2 aromatic rings. The van der Waals surface area contributed by atoms with Crippen LogP contribution in [0.4, 0.5) is 11.4 Å². The maximum absolute atomic E-state index is 12.6. The second-order valence-corrected chi connectivity index (χ2v) is 5.20. The Labute approximate surface area is 125 Å². The lowest BCUT2D eigenvalue weighted by Crippen LogP contribution is -2.29. The smallest absolute Gasteiger partial charge is 0.293 e. The van der Waals surface area contributed by atoms with E-state index in [1.807, 2.05) is 6.07 Å². The normalized spacial score (nSPS) is 13.1. The highest BCUT2D eigenvalue weighted by molar-refractivity contribution is 6.31. The van der Waals surface area contributed by atoms with E-state index >= 15 is 0 Å². The maximum atomic E-state index is 12.6. The lowest BCUT2D eigenvalue weighted by atomic mass is 10.1. The first kappa shape index (κ1) is 13.6. The zero-order chi connectivity index (χ0) is 15.0. The van der Waals surface area contributed by atoms with Crippen molar-refractivity contribution in [2.24, 2.45) is 0 Å². The Hall–Kier alpha value is -2.40. The summed E-state index contributed by atoms with van der Waals surface area (Å²) < 4.78 is 0. The number of halogens is 1. The van der Waals surface area contributed by atoms with E-state index in [0.717, 1.165) is 5.56 Å². The van der Waals surface area contributed by atoms with Crippen LogP contribution >= 0.6 is 11.6 Å². The quantitative estimate of drug-likeness (QED) is 0.630. The molecule has 1 heterocycles. The highest BCUT2D eigenvalue weighted by atomic mass is 35.5. The lowest BCUT2D eigenvalue weighted by Gasteiger charge is -2.17. The minimum atomic E-state index is -0.456. The fraction of sp³-hybridized carbons (Fsp3) is 0.133. The molecule has 0 fully saturated rings. The molecule has 0 atom stereocenters. The van der Waals surface area contributed by atoms with Crippen LogP contribution in [-0.4, -0.2) is 17.4 Å². The van der Waals surface area contributed by atoms with Crippen molar-refractivity contribution >= 4 is 28.9 Å². The predicted octanol–water partition coefficient (Wildman–Crippen LogP) is 3.45. The predicted molar refractivity (Wildman–Crippen MR) is 79.9 cm³/mol. The molecule has 1 aliphatic heterocycles. The first-order valence-electron chi connectivity index (χ1n) is 6.41. The summed E-state index contributed by atoms with van der Waals surface area (Å²) in [6, 6.07) is 11.5. The van der Waals surface area contributed by atoms with E-state index in [-0.39, 0.29) is 11.6 Å². The number of carbonyl (C=O) groups is 1. The summed E-state index contributed by atoms with van der Waals surface area (Å²) in [7, 11) is 0. The summed E-state index contributed by atoms with van der Waals surface area (Å²) in [5.41, 5.74) is 1.60. The van der Waals surface area contributed by atoms with Crippen molar-refractivity contribution < 1.29 is 9.72 Å². The molecule has 0 unspecified atom stereocenters. The molecule has 106 valence electrons. The van der Waals surface area contributed by atoms with Crippen molar-refractivity contribution in [2.45, 2.75) is 6.42 Å². The first-order chi connectivity index (χ1) is 10.1. The Morgan fingerprint density at radius 2 is 2.00 bits per heavy atom. The Balaban J connectivity index is 2.05. The van der Waals surface area contributed by atoms with Crippen LogP contribution in [0.2, 0.25) is 5.02 Å². The summed E-state index contributed by atoms with van der Waals surface area (Å²) in [6.07, 6.45) is 0.614. The van der Waals surface area contributed by atoms with Gasteiger partial charge in [0.1, 0.15) is 5.69 Å². The van der Waals surface area contributed by atoms with Gasteiger partial charge in [0.2, 0.25) is 0 Å². The van der Waals surface area contributed by atoms with E-state index in [9.17, 15) is 14.9 Å². The van der Waals surface area contributed by atoms with Crippen molar-refractivity contribution in [1.82, 2.24) is 0 Å². The van der Waals surface area contributed by atoms with E-state index in [1.54, 1.807) is 30.3 Å². The van der Waals surface area contributed by atoms with E-state index < -0.39 is 4.92 Å². The van der Waals surface area contributed by atoms with Crippen molar-refractivity contribution in [2.75, 3.05) is 11.4 Å². The fourth-order valence-corrected chi connectivity index (χ4v) is 2.75. The number of para-hydroxylation sites is 1. The number of carbonyl (C=O) groups excluding carboxylic acids is 1. The zero-order valence-electron chi connectivity index (χ0n) is 11.0. The molecule has 1 aliphatic rings. The molecule has 0 saturated carbocycles. The van der Waals surface area contributed by atoms with Crippen LogP contribution in [-0.2, 0) is 6.42 Å². The van der Waals surface area contributed by atoms with Gasteiger partial charge in [-0.05, 0) is 30.2 Å². The molecule has 0 bridgehead atoms. The summed E-state index contributed by atoms with van der Waals surface area (Å²) in [4.78, 5) is 24.7. The van der Waals surface area contributed by atoms with Crippen molar-refractivity contribution in [3.05, 3.63) is 68.7 Å². The molecule has 1 amide bonds. The number of anilines is 1. The van der Waals surface area contributed by atoms with Gasteiger partial charge in [0.05, 0.1) is 4.92 Å². The van der Waals surface area contributed by atoms with Crippen molar-refractivity contribution in [3.8, 4) is 0 Å². The average molecular weight is 303 g/mol. The third-order valence-electron chi connectivity index (χ3n) is 3.49. The second-order valence-electron chi connectivity index (χ2n) is 4.76. The minimum absolute atomic E-state index is 0.0413. The van der Waals surface area contributed by atoms with Gasteiger partial charge in [-0.25, -0.2) is 0 Å². The molecular formula is C15H11ClN2O3. The van der Waals surface area contributed by atoms with Gasteiger partial charge < -0.3 is 4.90 Å². The van der Waals surface area contributed by atoms with Gasteiger partial charge in [-0.2, -0.15) is 0 Å². The number of nitro benzene ring substituents is 1. The van der Waals surface area contributed by atoms with Crippen molar-refractivity contribution in [3.63, 3.8) is 0 Å². The second kappa shape index (κ2) is 5.18. The van der Waals surface area contributed by atoms with Gasteiger partial charge in [0.15, 0.2) is 0 Å². The molecule has 0 spiro atoms. The standard InChI is InChI=1S/C15H11ClN2O3/c16-12-5-1-4-11(9-12)15(19)17-8-7-10-3-2-6-13(14(10)17)18(20)21/h1-6,9H,7-8H2. The van der Waals surface area contributed by atoms with Crippen LogP contribution < -0.4 is 4.90 Å². The topological polar surface area (TPSA) is 63.5 Å². The highest BCUT2D eigenvalue weighted by Crippen LogP contribution is 2.37. The lowest BCUT2D eigenvalue weighted by molar-refractivity contribution is -0.384. The number of rotatable bonds is 2. The summed E-state index contributed by atoms with van der Waals surface area (Å²) >= 11 is 5.90. The van der Waals surface area contributed by atoms with Gasteiger partial charge in [-0.3, -0.25) is 14.9 Å². The summed E-state index contributed by atoms with van der Waals surface area (Å²) in [5.74, 6) is -0.273. The fourth-order valence-electron chi connectivity index (χ4n) is 2.56. The van der Waals surface area contributed by atoms with Crippen LogP contribution in [0.25, 0.3) is 0 Å². The average Bonchev–Trinajstić information content (AvgIpc) is 2.90. The van der Waals surface area contributed by atoms with Gasteiger partial charge in [0, 0.05) is 23.2 Å². The van der Waals surface area contributed by atoms with Crippen LogP contribution in [0.5, 0.6) is 0 Å². The molecule has 0 saturated heterocycles. The van der Waals surface area contributed by atoms with Crippen LogP contribution in [0.1, 0.15) is 15.9 Å². The van der Waals surface area contributed by atoms with Gasteiger partial charge in [-0.1, -0.05) is 29.8 Å². The van der Waals surface area contributed by atoms with Gasteiger partial charge in [0.25, 0.3) is 11.6 Å². The largest absolute Gasteiger partial charge is 0.302 e. The van der Waals surface area contributed by atoms with E-state index in [2.05, 4.69) is 0 Å². The summed E-state index contributed by atoms with van der Waals surface area (Å²) in [6.45, 7) is 0.436. The zero-order valence-corrected chi connectivity index (χ0v) is 11.7. The molecule has 0 aromatic heterocycles. The monoisotopic (exact) mass is 302 g/mol. The van der Waals surface area contributed by atoms with Gasteiger partial charge >= 0.3 is 0 Å². The Bertz CT molecular complexity index is 745. The minimum Gasteiger partial charge on any atom is -0.302 e. The Kier molecular flexibility index (Phi) is 3.35. The van der Waals surface area contributed by atoms with Gasteiger partial charge in [-0.15, -0.1) is 0 Å². The number of benzene rings is 2. The molecule has 2 aromatic carbocycles. The molecule has 21 heavy (non-hydrogen) atoms. The highest BCUT2D eigenvalue weighted by Gasteiger charge is 2.32.